The molecule has 0 aromatic carbocycles. The molecule has 0 spiro atoms. The van der Waals surface area contributed by atoms with Gasteiger partial charge in [0.15, 0.2) is 0 Å². The Morgan fingerprint density at radius 2 is 1.67 bits per heavy atom. The second-order valence-corrected chi connectivity index (χ2v) is 2.19. The van der Waals surface area contributed by atoms with E-state index in [2.05, 4.69) is 0 Å². The highest BCUT2D eigenvalue weighted by Crippen LogP contribution is 2.01. The molecule has 0 aliphatic carbocycles. The molecule has 0 aromatic heterocycles. The lowest BCUT2D eigenvalue weighted by atomic mass is 10.1. The first-order valence-electron chi connectivity index (χ1n) is 4.54. The van der Waals surface area contributed by atoms with Crippen LogP contribution in [0.25, 0.3) is 0 Å². The number of carbonyl (C=O) groups is 1. The van der Waals surface area contributed by atoms with Gasteiger partial charge in [-0.15, -0.1) is 0 Å². The van der Waals surface area contributed by atoms with Gasteiger partial charge >= 0.3 is 0 Å². The maximum Gasteiger partial charge on any atom is 0.116 e. The van der Waals surface area contributed by atoms with Crippen LogP contribution in [0.3, 0.4) is 0 Å². The number of hydrogen-bond donors (Lipinski definition) is 1. The van der Waals surface area contributed by atoms with Crippen LogP contribution >= 0.6 is 0 Å². The van der Waals surface area contributed by atoms with Crippen molar-refractivity contribution in [3.8, 4) is 0 Å². The van der Waals surface area contributed by atoms with Crippen molar-refractivity contribution in [2.75, 3.05) is 13.2 Å². The van der Waals surface area contributed by atoms with Gasteiger partial charge in [0.25, 0.3) is 0 Å². The van der Waals surface area contributed by atoms with Crippen LogP contribution in [0.2, 0.25) is 0 Å². The minimum absolute atomic E-state index is 0.411. The molecule has 12 heavy (non-hydrogen) atoms. The highest BCUT2D eigenvalue weighted by atomic mass is 16.5. The molecule has 74 valence electrons. The van der Waals surface area contributed by atoms with Crippen molar-refractivity contribution in [1.29, 1.82) is 0 Å². The Labute approximate surface area is 75.3 Å². The summed E-state index contributed by atoms with van der Waals surface area (Å²) in [5.41, 5.74) is 5.55. The van der Waals surface area contributed by atoms with Gasteiger partial charge in [0.1, 0.15) is 6.29 Å². The molecule has 3 heteroatoms. The van der Waals surface area contributed by atoms with Crippen LogP contribution in [0.4, 0.5) is 0 Å². The number of ether oxygens (including phenoxy) is 1. The zero-order valence-electron chi connectivity index (χ0n) is 8.38. The molecule has 0 atom stereocenters. The molecule has 3 nitrogen and oxygen atoms in total. The number of hydrogen-bond acceptors (Lipinski definition) is 3. The normalized spacial score (nSPS) is 16.3. The SMILES string of the molecule is CC.CC=O.NC1CCOCC1. The summed E-state index contributed by atoms with van der Waals surface area (Å²) < 4.78 is 5.06. The summed E-state index contributed by atoms with van der Waals surface area (Å²) in [6.07, 6.45) is 2.83. The van der Waals surface area contributed by atoms with E-state index in [0.717, 1.165) is 32.3 Å². The number of aldehydes is 1. The van der Waals surface area contributed by atoms with Gasteiger partial charge in [0.2, 0.25) is 0 Å². The molecule has 2 N–H and O–H groups in total. The molecule has 0 aromatic rings. The van der Waals surface area contributed by atoms with Crippen molar-refractivity contribution in [3.63, 3.8) is 0 Å². The Balaban J connectivity index is 0. The molecule has 0 amide bonds. The third-order valence-electron chi connectivity index (χ3n) is 1.27. The summed E-state index contributed by atoms with van der Waals surface area (Å²) in [7, 11) is 0. The largest absolute Gasteiger partial charge is 0.381 e. The second-order valence-electron chi connectivity index (χ2n) is 2.19. The first-order chi connectivity index (χ1) is 5.81. The van der Waals surface area contributed by atoms with Gasteiger partial charge < -0.3 is 15.3 Å². The van der Waals surface area contributed by atoms with Crippen LogP contribution in [0.1, 0.15) is 33.6 Å². The molecule has 0 saturated carbocycles. The minimum atomic E-state index is 0.411. The first-order valence-corrected chi connectivity index (χ1v) is 4.54. The van der Waals surface area contributed by atoms with E-state index in [0.29, 0.717) is 6.04 Å². The van der Waals surface area contributed by atoms with E-state index in [1.165, 1.54) is 6.92 Å². The van der Waals surface area contributed by atoms with Gasteiger partial charge in [-0.3, -0.25) is 0 Å². The molecule has 0 bridgehead atoms. The van der Waals surface area contributed by atoms with Crippen LogP contribution in [0.15, 0.2) is 0 Å². The standard InChI is InChI=1S/C5H11NO.C2H4O.C2H6/c6-5-1-3-7-4-2-5;1-2-3;1-2/h5H,1-4,6H2;2H,1H3;1-2H3. The van der Waals surface area contributed by atoms with E-state index >= 15 is 0 Å². The van der Waals surface area contributed by atoms with Gasteiger partial charge in [-0.25, -0.2) is 0 Å². The summed E-state index contributed by atoms with van der Waals surface area (Å²) in [6, 6.07) is 0.411. The predicted molar refractivity (Wildman–Crippen MR) is 51.1 cm³/mol. The smallest absolute Gasteiger partial charge is 0.116 e. The topological polar surface area (TPSA) is 52.3 Å². The average molecular weight is 175 g/mol. The van der Waals surface area contributed by atoms with Crippen LogP contribution in [-0.4, -0.2) is 25.5 Å². The molecular formula is C9H21NO2. The van der Waals surface area contributed by atoms with Crippen molar-refractivity contribution in [1.82, 2.24) is 0 Å². The fourth-order valence-corrected chi connectivity index (χ4v) is 0.716. The summed E-state index contributed by atoms with van der Waals surface area (Å²) in [5, 5.41) is 0. The van der Waals surface area contributed by atoms with Crippen molar-refractivity contribution >= 4 is 6.29 Å². The monoisotopic (exact) mass is 175 g/mol. The summed E-state index contributed by atoms with van der Waals surface area (Å²) in [5.74, 6) is 0. The average Bonchev–Trinajstić information content (AvgIpc) is 2.11. The molecule has 1 aliphatic heterocycles. The maximum absolute atomic E-state index is 8.81. The molecule has 1 rings (SSSR count). The molecule has 1 aliphatic rings. The van der Waals surface area contributed by atoms with E-state index < -0.39 is 0 Å². The third-order valence-corrected chi connectivity index (χ3v) is 1.27. The quantitative estimate of drug-likeness (QED) is 0.565. The van der Waals surface area contributed by atoms with Crippen LogP contribution < -0.4 is 5.73 Å². The van der Waals surface area contributed by atoms with Crippen molar-refractivity contribution in [2.45, 2.75) is 39.7 Å². The van der Waals surface area contributed by atoms with Crippen LogP contribution in [-0.2, 0) is 9.53 Å². The Bertz CT molecular complexity index is 80.6. The zero-order chi connectivity index (χ0) is 9.82. The van der Waals surface area contributed by atoms with Gasteiger partial charge in [0, 0.05) is 19.3 Å². The Kier molecular flexibility index (Phi) is 15.5. The third kappa shape index (κ3) is 12.3. The lowest BCUT2D eigenvalue weighted by molar-refractivity contribution is -0.106. The zero-order valence-corrected chi connectivity index (χ0v) is 8.38. The van der Waals surface area contributed by atoms with Crippen molar-refractivity contribution < 1.29 is 9.53 Å². The summed E-state index contributed by atoms with van der Waals surface area (Å²) in [4.78, 5) is 8.81. The Hall–Kier alpha value is -0.410. The fourth-order valence-electron chi connectivity index (χ4n) is 0.716. The molecule has 1 fully saturated rings. The van der Waals surface area contributed by atoms with E-state index in [9.17, 15) is 0 Å². The molecule has 1 heterocycles. The van der Waals surface area contributed by atoms with E-state index in [1.807, 2.05) is 13.8 Å². The van der Waals surface area contributed by atoms with E-state index in [1.54, 1.807) is 0 Å². The van der Waals surface area contributed by atoms with Gasteiger partial charge in [-0.2, -0.15) is 0 Å². The van der Waals surface area contributed by atoms with Gasteiger partial charge in [-0.1, -0.05) is 13.8 Å². The number of rotatable bonds is 0. The lowest BCUT2D eigenvalue weighted by Gasteiger charge is -2.16. The van der Waals surface area contributed by atoms with Crippen LogP contribution in [0.5, 0.6) is 0 Å². The highest BCUT2D eigenvalue weighted by molar-refractivity contribution is 5.44. The Morgan fingerprint density at radius 1 is 1.33 bits per heavy atom. The fraction of sp³-hybridized carbons (Fsp3) is 0.889. The summed E-state index contributed by atoms with van der Waals surface area (Å²) in [6.45, 7) is 7.17. The maximum atomic E-state index is 8.81. The molecule has 0 radical (unpaired) electrons. The van der Waals surface area contributed by atoms with Crippen molar-refractivity contribution in [3.05, 3.63) is 0 Å². The van der Waals surface area contributed by atoms with Gasteiger partial charge in [-0.05, 0) is 19.8 Å². The second kappa shape index (κ2) is 13.2. The minimum Gasteiger partial charge on any atom is -0.381 e. The van der Waals surface area contributed by atoms with Crippen molar-refractivity contribution in [2.24, 2.45) is 5.73 Å². The summed E-state index contributed by atoms with van der Waals surface area (Å²) >= 11 is 0. The molecule has 1 saturated heterocycles. The van der Waals surface area contributed by atoms with Crippen LogP contribution in [0, 0.1) is 0 Å². The molecule has 0 unspecified atom stereocenters. The lowest BCUT2D eigenvalue weighted by Crippen LogP contribution is -2.28. The number of carbonyl (C=O) groups excluding carboxylic acids is 1. The Morgan fingerprint density at radius 3 is 1.83 bits per heavy atom. The van der Waals surface area contributed by atoms with E-state index in [4.69, 9.17) is 15.3 Å². The first kappa shape index (κ1) is 14.1. The van der Waals surface area contributed by atoms with Gasteiger partial charge in [0.05, 0.1) is 0 Å². The number of nitrogens with two attached hydrogens (primary N) is 1. The highest BCUT2D eigenvalue weighted by Gasteiger charge is 2.06. The van der Waals surface area contributed by atoms with E-state index in [-0.39, 0.29) is 0 Å². The molecular weight excluding hydrogens is 154 g/mol. The predicted octanol–water partition coefficient (Wildman–Crippen LogP) is 1.36.